The van der Waals surface area contributed by atoms with Crippen molar-refractivity contribution >= 4 is 20.9 Å². The first-order valence-corrected chi connectivity index (χ1v) is 9.80. The van der Waals surface area contributed by atoms with Crippen molar-refractivity contribution in [2.45, 2.75) is 35.8 Å². The van der Waals surface area contributed by atoms with E-state index < -0.39 is 48.4 Å². The van der Waals surface area contributed by atoms with Crippen molar-refractivity contribution in [3.63, 3.8) is 0 Å². The first-order valence-electron chi connectivity index (χ1n) is 7.07. The average molecular weight is 385 g/mol. The molecule has 0 bridgehead atoms. The lowest BCUT2D eigenvalue weighted by atomic mass is 9.98. The fraction of sp³-hybridized carbons (Fsp3) is 0.571. The summed E-state index contributed by atoms with van der Waals surface area (Å²) in [6.45, 7) is 1.29. The molecule has 1 heterocycles. The molecule has 0 N–H and O–H groups in total. The fourth-order valence-electron chi connectivity index (χ4n) is 2.74. The third kappa shape index (κ3) is 3.98. The normalized spacial score (nSPS) is 27.0. The molecule has 0 amide bonds. The monoisotopic (exact) mass is 385 g/mol. The molecular formula is C14H16F3O5S2-. The highest BCUT2D eigenvalue weighted by Gasteiger charge is 2.46. The molecule has 1 aromatic carbocycles. The van der Waals surface area contributed by atoms with Crippen LogP contribution in [0.4, 0.5) is 13.2 Å². The number of sulfone groups is 1. The van der Waals surface area contributed by atoms with Gasteiger partial charge in [-0.25, -0.2) is 8.42 Å². The third-order valence-corrected chi connectivity index (χ3v) is 7.04. The topological polar surface area (TPSA) is 83.5 Å². The molecule has 0 saturated carbocycles. The van der Waals surface area contributed by atoms with E-state index in [9.17, 15) is 30.4 Å². The van der Waals surface area contributed by atoms with Crippen LogP contribution in [0, 0.1) is 5.92 Å². The maximum Gasteiger partial charge on any atom is 0.416 e. The molecule has 2 rings (SSSR count). The smallest absolute Gasteiger partial charge is 0.416 e. The van der Waals surface area contributed by atoms with Crippen molar-refractivity contribution in [1.82, 2.24) is 0 Å². The zero-order valence-corrected chi connectivity index (χ0v) is 14.3. The van der Waals surface area contributed by atoms with Crippen LogP contribution in [0.25, 0.3) is 0 Å². The van der Waals surface area contributed by atoms with Gasteiger partial charge in [0.1, 0.15) is 0 Å². The summed E-state index contributed by atoms with van der Waals surface area (Å²) in [4.78, 5) is -2.26. The number of rotatable bonds is 4. The highest BCUT2D eigenvalue weighted by atomic mass is 32.2. The molecule has 136 valence electrons. The lowest BCUT2D eigenvalue weighted by Crippen LogP contribution is -2.45. The van der Waals surface area contributed by atoms with Crippen LogP contribution in [-0.4, -0.2) is 34.5 Å². The zero-order valence-electron chi connectivity index (χ0n) is 12.7. The lowest BCUT2D eigenvalue weighted by molar-refractivity contribution is -0.137. The minimum absolute atomic E-state index is 0.0244. The van der Waals surface area contributed by atoms with Crippen LogP contribution in [0.3, 0.4) is 0 Å². The Morgan fingerprint density at radius 2 is 2.08 bits per heavy atom. The van der Waals surface area contributed by atoms with E-state index in [1.807, 2.05) is 0 Å². The molecule has 5 nitrogen and oxygen atoms in total. The molecule has 3 atom stereocenters. The lowest BCUT2D eigenvalue weighted by Gasteiger charge is -2.38. The Kier molecular flexibility index (Phi) is 5.43. The molecule has 0 radical (unpaired) electrons. The predicted molar refractivity (Wildman–Crippen MR) is 79.5 cm³/mol. The maximum absolute atomic E-state index is 12.8. The molecule has 1 fully saturated rings. The van der Waals surface area contributed by atoms with Crippen molar-refractivity contribution in [2.75, 3.05) is 12.4 Å². The molecule has 24 heavy (non-hydrogen) atoms. The Labute approximate surface area is 140 Å². The second-order valence-corrected chi connectivity index (χ2v) is 9.12. The van der Waals surface area contributed by atoms with E-state index in [1.54, 1.807) is 0 Å². The van der Waals surface area contributed by atoms with Crippen molar-refractivity contribution in [2.24, 2.45) is 5.92 Å². The fourth-order valence-corrected chi connectivity index (χ4v) is 5.14. The summed E-state index contributed by atoms with van der Waals surface area (Å²) in [6, 6.07) is 3.45. The van der Waals surface area contributed by atoms with Crippen molar-refractivity contribution in [3.8, 4) is 0 Å². The average Bonchev–Trinajstić information content (AvgIpc) is 2.45. The van der Waals surface area contributed by atoms with Gasteiger partial charge in [-0.2, -0.15) is 13.2 Å². The predicted octanol–water partition coefficient (Wildman–Crippen LogP) is 2.50. The van der Waals surface area contributed by atoms with E-state index in [0.717, 1.165) is 18.2 Å². The molecule has 0 spiro atoms. The molecule has 10 heteroatoms. The summed E-state index contributed by atoms with van der Waals surface area (Å²) < 4.78 is 91.0. The molecular weight excluding hydrogens is 369 g/mol. The van der Waals surface area contributed by atoms with Gasteiger partial charge in [0.2, 0.25) is 9.84 Å². The van der Waals surface area contributed by atoms with Gasteiger partial charge in [0, 0.05) is 12.4 Å². The zero-order chi connectivity index (χ0) is 18.2. The van der Waals surface area contributed by atoms with Crippen LogP contribution < -0.4 is 0 Å². The SMILES string of the molecule is CC1(S(=O)(=O)c2cccc(C(F)(F)F)c2)CC(CS(=O)[O-])CCO1. The van der Waals surface area contributed by atoms with Gasteiger partial charge >= 0.3 is 6.18 Å². The molecule has 1 saturated heterocycles. The number of alkyl halides is 3. The highest BCUT2D eigenvalue weighted by Crippen LogP contribution is 2.39. The summed E-state index contributed by atoms with van der Waals surface area (Å²) in [7, 11) is -4.24. The first-order chi connectivity index (χ1) is 11.0. The molecule has 0 aromatic heterocycles. The second kappa shape index (κ2) is 6.74. The summed E-state index contributed by atoms with van der Waals surface area (Å²) in [6.07, 6.45) is -4.39. The van der Waals surface area contributed by atoms with Gasteiger partial charge in [-0.05, 0) is 43.9 Å². The largest absolute Gasteiger partial charge is 0.772 e. The van der Waals surface area contributed by atoms with Gasteiger partial charge in [0.05, 0.1) is 10.5 Å². The Morgan fingerprint density at radius 1 is 1.42 bits per heavy atom. The summed E-state index contributed by atoms with van der Waals surface area (Å²) in [5.41, 5.74) is -1.07. The molecule has 3 unspecified atom stereocenters. The van der Waals surface area contributed by atoms with E-state index in [1.165, 1.54) is 6.92 Å². The van der Waals surface area contributed by atoms with Crippen LogP contribution in [0.15, 0.2) is 29.2 Å². The van der Waals surface area contributed by atoms with Crippen LogP contribution >= 0.6 is 0 Å². The highest BCUT2D eigenvalue weighted by molar-refractivity contribution is 7.92. The summed E-state index contributed by atoms with van der Waals surface area (Å²) in [5.74, 6) is -0.639. The van der Waals surface area contributed by atoms with E-state index in [0.29, 0.717) is 12.5 Å². The molecule has 1 aliphatic rings. The van der Waals surface area contributed by atoms with E-state index >= 15 is 0 Å². The molecule has 1 aliphatic heterocycles. The van der Waals surface area contributed by atoms with Gasteiger partial charge in [-0.1, -0.05) is 17.1 Å². The number of halogens is 3. The van der Waals surface area contributed by atoms with Gasteiger partial charge in [-0.15, -0.1) is 0 Å². The van der Waals surface area contributed by atoms with Crippen molar-refractivity contribution in [1.29, 1.82) is 0 Å². The van der Waals surface area contributed by atoms with E-state index in [2.05, 4.69) is 0 Å². The van der Waals surface area contributed by atoms with E-state index in [4.69, 9.17) is 4.74 Å². The summed E-state index contributed by atoms with van der Waals surface area (Å²) in [5, 5.41) is 0. The summed E-state index contributed by atoms with van der Waals surface area (Å²) >= 11 is -2.33. The number of ether oxygens (including phenoxy) is 1. The number of benzene rings is 1. The van der Waals surface area contributed by atoms with Crippen molar-refractivity contribution < 1.29 is 35.1 Å². The Bertz CT molecular complexity index is 732. The van der Waals surface area contributed by atoms with Crippen LogP contribution in [0.5, 0.6) is 0 Å². The van der Waals surface area contributed by atoms with E-state index in [-0.39, 0.29) is 18.8 Å². The number of hydrogen-bond donors (Lipinski definition) is 0. The quantitative estimate of drug-likeness (QED) is 0.744. The van der Waals surface area contributed by atoms with Gasteiger partial charge in [-0.3, -0.25) is 4.21 Å². The standard InChI is InChI=1S/C14H17F3O5S2/c1-13(8-10(5-6-22-13)9-23(18)19)24(20,21)12-4-2-3-11(7-12)14(15,16)17/h2-4,7,10H,5-6,8-9H2,1H3,(H,18,19)/p-1. The maximum atomic E-state index is 12.8. The van der Waals surface area contributed by atoms with Crippen LogP contribution in [-0.2, 0) is 31.8 Å². The van der Waals surface area contributed by atoms with Crippen molar-refractivity contribution in [3.05, 3.63) is 29.8 Å². The first kappa shape index (κ1) is 19.4. The van der Waals surface area contributed by atoms with Crippen LogP contribution in [0.2, 0.25) is 0 Å². The second-order valence-electron chi connectivity index (χ2n) is 5.84. The molecule has 1 aromatic rings. The van der Waals surface area contributed by atoms with Gasteiger partial charge in [0.15, 0.2) is 4.93 Å². The minimum Gasteiger partial charge on any atom is -0.772 e. The Morgan fingerprint density at radius 3 is 2.67 bits per heavy atom. The Hall–Kier alpha value is -0.970. The molecule has 0 aliphatic carbocycles. The minimum atomic E-state index is -4.66. The third-order valence-electron chi connectivity index (χ3n) is 4.00. The Balaban J connectivity index is 2.37. The van der Waals surface area contributed by atoms with Crippen LogP contribution in [0.1, 0.15) is 25.3 Å². The van der Waals surface area contributed by atoms with Gasteiger partial charge < -0.3 is 9.29 Å². The van der Waals surface area contributed by atoms with Gasteiger partial charge in [0.25, 0.3) is 0 Å². The number of hydrogen-bond acceptors (Lipinski definition) is 5.